The molecule has 0 amide bonds. The van der Waals surface area contributed by atoms with Gasteiger partial charge >= 0.3 is 14.0 Å². The van der Waals surface area contributed by atoms with E-state index >= 15 is 0 Å². The van der Waals surface area contributed by atoms with Gasteiger partial charge in [-0.05, 0) is 0 Å². The van der Waals surface area contributed by atoms with Gasteiger partial charge in [0.15, 0.2) is 0 Å². The van der Waals surface area contributed by atoms with Gasteiger partial charge in [-0.15, -0.1) is 0 Å². The van der Waals surface area contributed by atoms with Crippen LogP contribution < -0.4 is 0 Å². The number of rotatable bonds is 3. The highest BCUT2D eigenvalue weighted by Crippen LogP contribution is 2.33. The van der Waals surface area contributed by atoms with Crippen molar-refractivity contribution < 1.29 is 43.8 Å². The lowest BCUT2D eigenvalue weighted by atomic mass is 10.0. The van der Waals surface area contributed by atoms with Crippen LogP contribution in [0.25, 0.3) is 0 Å². The molecular formula is C13H18N3O9P. The zero-order chi connectivity index (χ0) is 19.6. The van der Waals surface area contributed by atoms with Crippen LogP contribution in [0.5, 0.6) is 0 Å². The molecule has 3 saturated heterocycles. The zero-order valence-corrected chi connectivity index (χ0v) is 14.4. The first kappa shape index (κ1) is 19.9. The van der Waals surface area contributed by atoms with E-state index in [4.69, 9.17) is 34.3 Å². The van der Waals surface area contributed by atoms with Gasteiger partial charge in [-0.25, -0.2) is 9.36 Å². The Morgan fingerprint density at radius 1 is 0.846 bits per heavy atom. The van der Waals surface area contributed by atoms with E-state index in [-0.39, 0.29) is 11.6 Å². The number of carbonyl (C=O) groups excluding carboxylic acids is 2. The molecule has 3 aliphatic heterocycles. The smallest absolute Gasteiger partial charge is 0.450 e. The first-order valence-corrected chi connectivity index (χ1v) is 9.05. The molecule has 144 valence electrons. The minimum Gasteiger partial charge on any atom is -0.450 e. The van der Waals surface area contributed by atoms with Gasteiger partial charge in [0.2, 0.25) is 11.6 Å². The van der Waals surface area contributed by atoms with Gasteiger partial charge in [-0.2, -0.15) is 0 Å². The Morgan fingerprint density at radius 3 is 1.54 bits per heavy atom. The van der Waals surface area contributed by atoms with Crippen LogP contribution in [0.15, 0.2) is 23.2 Å². The van der Waals surface area contributed by atoms with Crippen molar-refractivity contribution in [1.29, 1.82) is 0 Å². The van der Waals surface area contributed by atoms with Crippen LogP contribution in [0.3, 0.4) is 0 Å². The van der Waals surface area contributed by atoms with Crippen molar-refractivity contribution in [2.24, 2.45) is 0 Å². The monoisotopic (exact) mass is 391 g/mol. The summed E-state index contributed by atoms with van der Waals surface area (Å²) in [6.45, 7) is 5.41. The molecule has 0 atom stereocenters. The summed E-state index contributed by atoms with van der Waals surface area (Å²) in [6.07, 6.45) is -0.310. The van der Waals surface area contributed by atoms with Gasteiger partial charge in [0.25, 0.3) is 0 Å². The molecule has 13 heteroatoms. The highest BCUT2D eigenvalue weighted by molar-refractivity contribution is 7.45. The van der Waals surface area contributed by atoms with Crippen LogP contribution in [0, 0.1) is 0 Å². The molecule has 0 radical (unpaired) electrons. The third-order valence-corrected chi connectivity index (χ3v) is 3.49. The Hall–Kier alpha value is -2.40. The number of phosphoric acid groups is 1. The normalized spacial score (nSPS) is 20.6. The maximum Gasteiger partial charge on any atom is 0.503 e. The summed E-state index contributed by atoms with van der Waals surface area (Å²) in [5, 5.41) is 13.9. The Morgan fingerprint density at radius 2 is 1.19 bits per heavy atom. The molecule has 3 fully saturated rings. The van der Waals surface area contributed by atoms with E-state index < -0.39 is 14.0 Å². The fraction of sp³-hybridized carbons (Fsp3) is 0.462. The number of hydrogen-bond acceptors (Lipinski definition) is 7. The Balaban J connectivity index is 0.000000229. The fourth-order valence-corrected chi connectivity index (χ4v) is 2.28. The lowest BCUT2D eigenvalue weighted by Gasteiger charge is -2.21. The van der Waals surface area contributed by atoms with Crippen LogP contribution >= 0.6 is 7.82 Å². The molecule has 5 N–H and O–H groups in total. The summed E-state index contributed by atoms with van der Waals surface area (Å²) >= 11 is 0. The number of Topliss-reactive ketones (excluding diaryl/α,β-unsaturated/α-hetero) is 1. The predicted molar refractivity (Wildman–Crippen MR) is 84.8 cm³/mol. The van der Waals surface area contributed by atoms with E-state index in [0.29, 0.717) is 17.1 Å². The molecule has 0 aromatic carbocycles. The number of allylic oxidation sites excluding steroid dienone is 1. The third-order valence-electron chi connectivity index (χ3n) is 3.49. The Labute approximate surface area is 147 Å². The topological polar surface area (TPSA) is 178 Å². The summed E-state index contributed by atoms with van der Waals surface area (Å²) in [4.78, 5) is 60.6. The highest BCUT2D eigenvalue weighted by atomic mass is 31.2. The standard InChI is InChI=1S/C12H13N3O2.CH2O3.H3O4P/c16-9-7-8(13-1-2-13)12(17)11(15-5-6-15)10(9)14-3-4-14;2-1(3)4;1-5(2,3)4/h7H,1-6H2;(H2,2,3,4);(H3,1,2,3,4). The molecule has 12 nitrogen and oxygen atoms in total. The predicted octanol–water partition coefficient (Wildman–Crippen LogP) is -1.53. The van der Waals surface area contributed by atoms with E-state index in [2.05, 4.69) is 0 Å². The van der Waals surface area contributed by atoms with Crippen molar-refractivity contribution in [3.05, 3.63) is 23.2 Å². The fourth-order valence-electron chi connectivity index (χ4n) is 2.28. The van der Waals surface area contributed by atoms with Gasteiger partial charge < -0.3 is 39.6 Å². The van der Waals surface area contributed by atoms with Crippen molar-refractivity contribution in [2.75, 3.05) is 39.3 Å². The summed E-state index contributed by atoms with van der Waals surface area (Å²) in [7, 11) is -4.64. The first-order valence-electron chi connectivity index (χ1n) is 7.49. The number of carboxylic acid groups (broad SMARTS) is 2. The van der Waals surface area contributed by atoms with Gasteiger partial charge in [0.05, 0.1) is 5.70 Å². The molecule has 0 aromatic rings. The maximum atomic E-state index is 12.4. The zero-order valence-electron chi connectivity index (χ0n) is 13.5. The van der Waals surface area contributed by atoms with Crippen molar-refractivity contribution in [3.8, 4) is 0 Å². The molecular weight excluding hydrogens is 373 g/mol. The van der Waals surface area contributed by atoms with Gasteiger partial charge in [-0.3, -0.25) is 9.59 Å². The summed E-state index contributed by atoms with van der Waals surface area (Å²) < 4.78 is 8.88. The lowest BCUT2D eigenvalue weighted by molar-refractivity contribution is -0.117. The molecule has 0 aromatic heterocycles. The molecule has 0 saturated carbocycles. The average Bonchev–Trinajstić information content (AvgIpc) is 3.34. The first-order chi connectivity index (χ1) is 12.0. The van der Waals surface area contributed by atoms with Crippen LogP contribution in [0.2, 0.25) is 0 Å². The molecule has 4 aliphatic rings. The molecule has 0 bridgehead atoms. The van der Waals surface area contributed by atoms with Crippen molar-refractivity contribution in [1.82, 2.24) is 14.7 Å². The lowest BCUT2D eigenvalue weighted by Crippen LogP contribution is -2.29. The number of ketones is 2. The second-order valence-corrected chi connectivity index (χ2v) is 6.70. The minimum atomic E-state index is -4.64. The van der Waals surface area contributed by atoms with Gasteiger partial charge in [0.1, 0.15) is 11.4 Å². The van der Waals surface area contributed by atoms with E-state index in [0.717, 1.165) is 39.3 Å². The van der Waals surface area contributed by atoms with Crippen LogP contribution in [0.4, 0.5) is 4.79 Å². The van der Waals surface area contributed by atoms with Crippen LogP contribution in [-0.2, 0) is 14.2 Å². The highest BCUT2D eigenvalue weighted by Gasteiger charge is 2.43. The molecule has 26 heavy (non-hydrogen) atoms. The van der Waals surface area contributed by atoms with Crippen molar-refractivity contribution >= 4 is 25.5 Å². The van der Waals surface area contributed by atoms with Crippen LogP contribution in [-0.4, -0.2) is 96.6 Å². The van der Waals surface area contributed by atoms with Gasteiger partial charge in [0, 0.05) is 45.3 Å². The Bertz CT molecular complexity index is 717. The summed E-state index contributed by atoms with van der Waals surface area (Å²) in [6, 6.07) is 0. The molecule has 4 rings (SSSR count). The van der Waals surface area contributed by atoms with Crippen molar-refractivity contribution in [3.63, 3.8) is 0 Å². The van der Waals surface area contributed by atoms with Gasteiger partial charge in [-0.1, -0.05) is 0 Å². The molecule has 1 aliphatic carbocycles. The SMILES string of the molecule is O=C(O)O.O=C1C=C(N2CC2)C(=O)C(N2CC2)=C1N1CC1.O=P(O)(O)O. The molecule has 0 spiro atoms. The summed E-state index contributed by atoms with van der Waals surface area (Å²) in [5.41, 5.74) is 1.89. The number of nitrogens with zero attached hydrogens (tertiary/aromatic N) is 3. The number of hydrogen-bond donors (Lipinski definition) is 5. The average molecular weight is 391 g/mol. The quantitative estimate of drug-likeness (QED) is 0.213. The summed E-state index contributed by atoms with van der Waals surface area (Å²) in [5.74, 6) is 0.0485. The second kappa shape index (κ2) is 7.46. The largest absolute Gasteiger partial charge is 0.503 e. The second-order valence-electron chi connectivity index (χ2n) is 5.68. The molecule has 3 heterocycles. The van der Waals surface area contributed by atoms with Crippen molar-refractivity contribution in [2.45, 2.75) is 0 Å². The van der Waals surface area contributed by atoms with E-state index in [1.807, 2.05) is 14.7 Å². The number of carbonyl (C=O) groups is 3. The maximum absolute atomic E-state index is 12.4. The minimum absolute atomic E-state index is 0.00546. The van der Waals surface area contributed by atoms with E-state index in [9.17, 15) is 9.59 Å². The van der Waals surface area contributed by atoms with E-state index in [1.54, 1.807) is 0 Å². The van der Waals surface area contributed by atoms with E-state index in [1.165, 1.54) is 6.08 Å². The van der Waals surface area contributed by atoms with Crippen LogP contribution in [0.1, 0.15) is 0 Å². The molecule has 0 unspecified atom stereocenters. The third kappa shape index (κ3) is 6.15. The Kier molecular flexibility index (Phi) is 5.71.